The lowest BCUT2D eigenvalue weighted by atomic mass is 10.2. The normalized spacial score (nSPS) is 11.9. The molecule has 0 radical (unpaired) electrons. The first-order chi connectivity index (χ1) is 7.88. The fourth-order valence-electron chi connectivity index (χ4n) is 1.51. The molecule has 0 saturated carbocycles. The van der Waals surface area contributed by atoms with Gasteiger partial charge in [0.25, 0.3) is 0 Å². The second kappa shape index (κ2) is 3.76. The quantitative estimate of drug-likeness (QED) is 0.878. The van der Waals surface area contributed by atoms with Gasteiger partial charge < -0.3 is 9.51 Å². The highest BCUT2D eigenvalue weighted by molar-refractivity contribution is 5.73. The number of nitrogens with zero attached hydrogens (tertiary/aromatic N) is 2. The molecule has 4 nitrogen and oxygen atoms in total. The van der Waals surface area contributed by atoms with Crippen LogP contribution < -0.4 is 0 Å². The van der Waals surface area contributed by atoms with Crippen molar-refractivity contribution in [1.82, 2.24) is 9.38 Å². The van der Waals surface area contributed by atoms with Crippen molar-refractivity contribution < 1.29 is 23.1 Å². The fraction of sp³-hybridized carbons (Fsp3) is 0.200. The van der Waals surface area contributed by atoms with Gasteiger partial charge in [-0.3, -0.25) is 4.79 Å². The Morgan fingerprint density at radius 3 is 2.76 bits per heavy atom. The number of fused-ring (bicyclic) bond motifs is 1. The fourth-order valence-corrected chi connectivity index (χ4v) is 1.51. The number of halogens is 3. The number of aliphatic carboxylic acids is 1. The molecule has 2 rings (SSSR count). The monoisotopic (exact) mass is 244 g/mol. The molecule has 0 amide bonds. The van der Waals surface area contributed by atoms with Gasteiger partial charge in [-0.25, -0.2) is 4.98 Å². The standard InChI is InChI=1S/C10H7F3N2O2/c11-10(12,13)7-5-15-3-1-2-6(4-8(16)17)9(15)14-7/h1-3,5H,4H2,(H,16,17). The predicted octanol–water partition coefficient (Wildman–Crippen LogP) is 1.98. The summed E-state index contributed by atoms with van der Waals surface area (Å²) in [5, 5.41) is 8.63. The van der Waals surface area contributed by atoms with Crippen LogP contribution in [0.2, 0.25) is 0 Å². The van der Waals surface area contributed by atoms with E-state index < -0.39 is 17.8 Å². The molecule has 1 N–H and O–H groups in total. The maximum Gasteiger partial charge on any atom is 0.434 e. The van der Waals surface area contributed by atoms with E-state index in [1.807, 2.05) is 0 Å². The molecule has 2 aromatic heterocycles. The molecule has 2 heterocycles. The van der Waals surface area contributed by atoms with E-state index in [9.17, 15) is 18.0 Å². The second-order valence-corrected chi connectivity index (χ2v) is 3.46. The molecule has 17 heavy (non-hydrogen) atoms. The Morgan fingerprint density at radius 1 is 1.47 bits per heavy atom. The third kappa shape index (κ3) is 2.22. The summed E-state index contributed by atoms with van der Waals surface area (Å²) < 4.78 is 38.5. The smallest absolute Gasteiger partial charge is 0.434 e. The number of imidazole rings is 1. The minimum atomic E-state index is -4.54. The first-order valence-corrected chi connectivity index (χ1v) is 4.63. The first kappa shape index (κ1) is 11.4. The van der Waals surface area contributed by atoms with E-state index in [1.165, 1.54) is 22.7 Å². The second-order valence-electron chi connectivity index (χ2n) is 3.46. The van der Waals surface area contributed by atoms with Gasteiger partial charge in [0.2, 0.25) is 0 Å². The molecule has 0 aliphatic rings. The van der Waals surface area contributed by atoms with Crippen molar-refractivity contribution in [3.05, 3.63) is 35.8 Å². The summed E-state index contributed by atoms with van der Waals surface area (Å²) in [5.41, 5.74) is -0.770. The molecule has 7 heteroatoms. The molecular weight excluding hydrogens is 237 g/mol. The largest absolute Gasteiger partial charge is 0.481 e. The maximum atomic E-state index is 12.4. The Morgan fingerprint density at radius 2 is 2.18 bits per heavy atom. The number of aromatic nitrogens is 2. The van der Waals surface area contributed by atoms with Crippen LogP contribution in [0.25, 0.3) is 5.65 Å². The highest BCUT2D eigenvalue weighted by Crippen LogP contribution is 2.29. The van der Waals surface area contributed by atoms with Gasteiger partial charge in [0, 0.05) is 18.0 Å². The van der Waals surface area contributed by atoms with Crippen molar-refractivity contribution in [3.8, 4) is 0 Å². The Bertz CT molecular complexity index is 574. The summed E-state index contributed by atoms with van der Waals surface area (Å²) in [7, 11) is 0. The van der Waals surface area contributed by atoms with E-state index in [-0.39, 0.29) is 17.6 Å². The van der Waals surface area contributed by atoms with Gasteiger partial charge in [0.1, 0.15) is 5.65 Å². The molecule has 2 aromatic rings. The molecule has 0 aliphatic carbocycles. The molecule has 0 spiro atoms. The zero-order chi connectivity index (χ0) is 12.6. The number of hydrogen-bond acceptors (Lipinski definition) is 2. The number of rotatable bonds is 2. The van der Waals surface area contributed by atoms with Gasteiger partial charge in [0.15, 0.2) is 5.69 Å². The molecule has 0 unspecified atom stereocenters. The van der Waals surface area contributed by atoms with Gasteiger partial charge in [0.05, 0.1) is 6.42 Å². The van der Waals surface area contributed by atoms with E-state index >= 15 is 0 Å². The molecule has 0 aromatic carbocycles. The van der Waals surface area contributed by atoms with E-state index in [0.29, 0.717) is 0 Å². The van der Waals surface area contributed by atoms with Crippen LogP contribution in [0.5, 0.6) is 0 Å². The van der Waals surface area contributed by atoms with Gasteiger partial charge >= 0.3 is 12.1 Å². The zero-order valence-corrected chi connectivity index (χ0v) is 8.40. The minimum absolute atomic E-state index is 0.0159. The number of hydrogen-bond donors (Lipinski definition) is 1. The lowest BCUT2D eigenvalue weighted by Crippen LogP contribution is -2.05. The van der Waals surface area contributed by atoms with Crippen LogP contribution in [-0.4, -0.2) is 20.5 Å². The van der Waals surface area contributed by atoms with Crippen molar-refractivity contribution in [2.24, 2.45) is 0 Å². The van der Waals surface area contributed by atoms with E-state index in [4.69, 9.17) is 5.11 Å². The molecule has 0 fully saturated rings. The Balaban J connectivity index is 2.57. The van der Waals surface area contributed by atoms with E-state index in [0.717, 1.165) is 6.20 Å². The summed E-state index contributed by atoms with van der Waals surface area (Å²) in [5.74, 6) is -1.12. The molecule has 90 valence electrons. The van der Waals surface area contributed by atoms with Crippen LogP contribution in [-0.2, 0) is 17.4 Å². The molecule has 0 aliphatic heterocycles. The Kier molecular flexibility index (Phi) is 2.53. The lowest BCUT2D eigenvalue weighted by molar-refractivity contribution is -0.140. The molecule has 0 saturated heterocycles. The van der Waals surface area contributed by atoms with Crippen molar-refractivity contribution in [2.45, 2.75) is 12.6 Å². The highest BCUT2D eigenvalue weighted by atomic mass is 19.4. The van der Waals surface area contributed by atoms with Crippen LogP contribution >= 0.6 is 0 Å². The van der Waals surface area contributed by atoms with Gasteiger partial charge in [-0.05, 0) is 6.07 Å². The summed E-state index contributed by atoms with van der Waals surface area (Å²) in [6.45, 7) is 0. The van der Waals surface area contributed by atoms with Crippen LogP contribution in [0.4, 0.5) is 13.2 Å². The third-order valence-corrected chi connectivity index (χ3v) is 2.20. The maximum absolute atomic E-state index is 12.4. The number of alkyl halides is 3. The summed E-state index contributed by atoms with van der Waals surface area (Å²) in [6.07, 6.45) is -2.67. The summed E-state index contributed by atoms with van der Waals surface area (Å²) in [4.78, 5) is 14.0. The summed E-state index contributed by atoms with van der Waals surface area (Å²) in [6, 6.07) is 2.92. The van der Waals surface area contributed by atoms with E-state index in [2.05, 4.69) is 4.98 Å². The van der Waals surface area contributed by atoms with Gasteiger partial charge in [-0.15, -0.1) is 0 Å². The topological polar surface area (TPSA) is 54.6 Å². The van der Waals surface area contributed by atoms with E-state index in [1.54, 1.807) is 0 Å². The van der Waals surface area contributed by atoms with Crippen molar-refractivity contribution >= 4 is 11.6 Å². The molecule has 0 bridgehead atoms. The highest BCUT2D eigenvalue weighted by Gasteiger charge is 2.34. The Hall–Kier alpha value is -2.05. The van der Waals surface area contributed by atoms with Crippen LogP contribution in [0, 0.1) is 0 Å². The Labute approximate surface area is 93.3 Å². The first-order valence-electron chi connectivity index (χ1n) is 4.63. The number of pyridine rings is 1. The SMILES string of the molecule is O=C(O)Cc1cccn2cc(C(F)(F)F)nc12. The number of carboxylic acid groups (broad SMARTS) is 1. The lowest BCUT2D eigenvalue weighted by Gasteiger charge is -1.99. The van der Waals surface area contributed by atoms with Crippen molar-refractivity contribution in [2.75, 3.05) is 0 Å². The van der Waals surface area contributed by atoms with Crippen molar-refractivity contribution in [1.29, 1.82) is 0 Å². The number of carbonyl (C=O) groups is 1. The molecular formula is C10H7F3N2O2. The van der Waals surface area contributed by atoms with Gasteiger partial charge in [-0.2, -0.15) is 13.2 Å². The predicted molar refractivity (Wildman–Crippen MR) is 51.5 cm³/mol. The average Bonchev–Trinajstić information content (AvgIpc) is 2.60. The van der Waals surface area contributed by atoms with Crippen molar-refractivity contribution in [3.63, 3.8) is 0 Å². The molecule has 0 atom stereocenters. The van der Waals surface area contributed by atoms with Crippen LogP contribution in [0.15, 0.2) is 24.5 Å². The van der Waals surface area contributed by atoms with Crippen LogP contribution in [0.3, 0.4) is 0 Å². The van der Waals surface area contributed by atoms with Crippen LogP contribution in [0.1, 0.15) is 11.3 Å². The zero-order valence-electron chi connectivity index (χ0n) is 8.40. The number of carboxylic acids is 1. The third-order valence-electron chi connectivity index (χ3n) is 2.20. The average molecular weight is 244 g/mol. The summed E-state index contributed by atoms with van der Waals surface area (Å²) >= 11 is 0. The van der Waals surface area contributed by atoms with Gasteiger partial charge in [-0.1, -0.05) is 6.07 Å². The minimum Gasteiger partial charge on any atom is -0.481 e.